The lowest BCUT2D eigenvalue weighted by Gasteiger charge is -2.05. The molecule has 0 N–H and O–H groups in total. The van der Waals surface area contributed by atoms with Crippen LogP contribution in [0.4, 0.5) is 0 Å². The summed E-state index contributed by atoms with van der Waals surface area (Å²) in [6.07, 6.45) is 7.85. The van der Waals surface area contributed by atoms with Crippen LogP contribution in [0.3, 0.4) is 0 Å². The largest absolute Gasteiger partial charge is 0.286 e. The van der Waals surface area contributed by atoms with E-state index in [1.54, 1.807) is 6.33 Å². The van der Waals surface area contributed by atoms with Gasteiger partial charge in [0.2, 0.25) is 0 Å². The third kappa shape index (κ3) is 3.16. The molecule has 17 heavy (non-hydrogen) atoms. The van der Waals surface area contributed by atoms with Gasteiger partial charge >= 0.3 is 0 Å². The lowest BCUT2D eigenvalue weighted by molar-refractivity contribution is 0.646. The molecule has 1 aromatic carbocycles. The van der Waals surface area contributed by atoms with Crippen LogP contribution in [0.15, 0.2) is 36.7 Å². The summed E-state index contributed by atoms with van der Waals surface area (Å²) < 4.78 is 2.08. The molecule has 0 fully saturated rings. The summed E-state index contributed by atoms with van der Waals surface area (Å²) >= 11 is 0. The average Bonchev–Trinajstić information content (AvgIpc) is 2.84. The first-order chi connectivity index (χ1) is 8.42. The van der Waals surface area contributed by atoms with E-state index in [2.05, 4.69) is 33.8 Å². The minimum Gasteiger partial charge on any atom is -0.286 e. The highest BCUT2D eigenvalue weighted by Gasteiger charge is 2.05. The molecule has 0 saturated heterocycles. The summed E-state index contributed by atoms with van der Waals surface area (Å²) in [5.41, 5.74) is 1.14. The van der Waals surface area contributed by atoms with Crippen LogP contribution in [0, 0.1) is 0 Å². The number of benzene rings is 1. The SMILES string of the molecule is CCCCCCc1nncn1-c1ccccc1. The number of aromatic nitrogens is 3. The van der Waals surface area contributed by atoms with E-state index in [1.165, 1.54) is 25.7 Å². The number of hydrogen-bond acceptors (Lipinski definition) is 2. The first kappa shape index (κ1) is 11.8. The normalized spacial score (nSPS) is 10.6. The van der Waals surface area contributed by atoms with Crippen LogP contribution < -0.4 is 0 Å². The summed E-state index contributed by atoms with van der Waals surface area (Å²) in [7, 11) is 0. The van der Waals surface area contributed by atoms with E-state index in [0.717, 1.165) is 17.9 Å². The Morgan fingerprint density at radius 3 is 2.65 bits per heavy atom. The van der Waals surface area contributed by atoms with Gasteiger partial charge in [0.15, 0.2) is 0 Å². The molecule has 0 aliphatic heterocycles. The van der Waals surface area contributed by atoms with Gasteiger partial charge in [0, 0.05) is 12.1 Å². The van der Waals surface area contributed by atoms with Crippen molar-refractivity contribution < 1.29 is 0 Å². The Balaban J connectivity index is 2.02. The Hall–Kier alpha value is -1.64. The van der Waals surface area contributed by atoms with Gasteiger partial charge in [-0.2, -0.15) is 0 Å². The van der Waals surface area contributed by atoms with Crippen LogP contribution in [0.2, 0.25) is 0 Å². The van der Waals surface area contributed by atoms with Crippen molar-refractivity contribution >= 4 is 0 Å². The topological polar surface area (TPSA) is 30.7 Å². The van der Waals surface area contributed by atoms with Crippen molar-refractivity contribution in [3.63, 3.8) is 0 Å². The summed E-state index contributed by atoms with van der Waals surface area (Å²) in [6, 6.07) is 10.3. The number of nitrogens with zero attached hydrogens (tertiary/aromatic N) is 3. The third-order valence-electron chi connectivity index (χ3n) is 2.91. The van der Waals surface area contributed by atoms with Gasteiger partial charge in [0.25, 0.3) is 0 Å². The van der Waals surface area contributed by atoms with Crippen molar-refractivity contribution in [2.24, 2.45) is 0 Å². The van der Waals surface area contributed by atoms with Gasteiger partial charge in [0.1, 0.15) is 12.2 Å². The second kappa shape index (κ2) is 6.18. The van der Waals surface area contributed by atoms with E-state index in [0.29, 0.717) is 0 Å². The van der Waals surface area contributed by atoms with E-state index in [1.807, 2.05) is 18.2 Å². The van der Waals surface area contributed by atoms with Gasteiger partial charge in [-0.05, 0) is 18.6 Å². The molecule has 2 rings (SSSR count). The van der Waals surface area contributed by atoms with Crippen molar-refractivity contribution in [3.05, 3.63) is 42.5 Å². The summed E-state index contributed by atoms with van der Waals surface area (Å²) in [5, 5.41) is 8.21. The van der Waals surface area contributed by atoms with Gasteiger partial charge in [-0.15, -0.1) is 10.2 Å². The van der Waals surface area contributed by atoms with Gasteiger partial charge in [-0.3, -0.25) is 4.57 Å². The standard InChI is InChI=1S/C14H19N3/c1-2-3-4-8-11-14-16-15-12-17(14)13-9-6-5-7-10-13/h5-7,9-10,12H,2-4,8,11H2,1H3. The quantitative estimate of drug-likeness (QED) is 0.711. The second-order valence-corrected chi connectivity index (χ2v) is 4.26. The van der Waals surface area contributed by atoms with Crippen molar-refractivity contribution in [1.82, 2.24) is 14.8 Å². The Morgan fingerprint density at radius 1 is 1.06 bits per heavy atom. The van der Waals surface area contributed by atoms with Crippen LogP contribution in [-0.4, -0.2) is 14.8 Å². The Bertz CT molecular complexity index is 434. The maximum absolute atomic E-state index is 4.20. The van der Waals surface area contributed by atoms with Crippen molar-refractivity contribution in [2.75, 3.05) is 0 Å². The van der Waals surface area contributed by atoms with E-state index in [9.17, 15) is 0 Å². The van der Waals surface area contributed by atoms with Gasteiger partial charge in [-0.1, -0.05) is 44.4 Å². The summed E-state index contributed by atoms with van der Waals surface area (Å²) in [6.45, 7) is 2.23. The van der Waals surface area contributed by atoms with Crippen LogP contribution >= 0.6 is 0 Å². The summed E-state index contributed by atoms with van der Waals surface area (Å²) in [4.78, 5) is 0. The lowest BCUT2D eigenvalue weighted by Crippen LogP contribution is -2.00. The first-order valence-corrected chi connectivity index (χ1v) is 6.36. The van der Waals surface area contributed by atoms with E-state index >= 15 is 0 Å². The molecule has 3 heteroatoms. The van der Waals surface area contributed by atoms with Crippen LogP contribution in [0.1, 0.15) is 38.4 Å². The number of rotatable bonds is 6. The fraction of sp³-hybridized carbons (Fsp3) is 0.429. The number of unbranched alkanes of at least 4 members (excludes halogenated alkanes) is 3. The fourth-order valence-corrected chi connectivity index (χ4v) is 1.94. The van der Waals surface area contributed by atoms with Crippen LogP contribution in [0.25, 0.3) is 5.69 Å². The molecule has 0 unspecified atom stereocenters. The van der Waals surface area contributed by atoms with Gasteiger partial charge in [0.05, 0.1) is 0 Å². The lowest BCUT2D eigenvalue weighted by atomic mass is 10.1. The molecular weight excluding hydrogens is 210 g/mol. The van der Waals surface area contributed by atoms with Crippen LogP contribution in [-0.2, 0) is 6.42 Å². The molecule has 0 atom stereocenters. The van der Waals surface area contributed by atoms with Gasteiger partial charge in [-0.25, -0.2) is 0 Å². The monoisotopic (exact) mass is 229 g/mol. The fourth-order valence-electron chi connectivity index (χ4n) is 1.94. The maximum Gasteiger partial charge on any atom is 0.137 e. The molecule has 2 aromatic rings. The minimum absolute atomic E-state index is 1.01. The zero-order valence-corrected chi connectivity index (χ0v) is 10.3. The molecule has 1 aromatic heterocycles. The molecule has 1 heterocycles. The van der Waals surface area contributed by atoms with E-state index < -0.39 is 0 Å². The molecule has 0 bridgehead atoms. The second-order valence-electron chi connectivity index (χ2n) is 4.26. The smallest absolute Gasteiger partial charge is 0.137 e. The highest BCUT2D eigenvalue weighted by atomic mass is 15.3. The molecule has 3 nitrogen and oxygen atoms in total. The maximum atomic E-state index is 4.20. The van der Waals surface area contributed by atoms with E-state index in [4.69, 9.17) is 0 Å². The Labute approximate surface area is 103 Å². The van der Waals surface area contributed by atoms with Gasteiger partial charge < -0.3 is 0 Å². The third-order valence-corrected chi connectivity index (χ3v) is 2.91. The molecule has 0 amide bonds. The number of hydrogen-bond donors (Lipinski definition) is 0. The molecular formula is C14H19N3. The Morgan fingerprint density at radius 2 is 1.88 bits per heavy atom. The molecule has 0 radical (unpaired) electrons. The van der Waals surface area contributed by atoms with Crippen molar-refractivity contribution in [1.29, 1.82) is 0 Å². The molecule has 0 aliphatic carbocycles. The first-order valence-electron chi connectivity index (χ1n) is 6.36. The highest BCUT2D eigenvalue weighted by Crippen LogP contribution is 2.11. The zero-order chi connectivity index (χ0) is 11.9. The molecule has 0 saturated carbocycles. The van der Waals surface area contributed by atoms with Crippen molar-refractivity contribution in [2.45, 2.75) is 39.0 Å². The molecule has 0 spiro atoms. The predicted molar refractivity (Wildman–Crippen MR) is 69.2 cm³/mol. The highest BCUT2D eigenvalue weighted by molar-refractivity contribution is 5.31. The average molecular weight is 229 g/mol. The van der Waals surface area contributed by atoms with E-state index in [-0.39, 0.29) is 0 Å². The predicted octanol–water partition coefficient (Wildman–Crippen LogP) is 3.39. The zero-order valence-electron chi connectivity index (χ0n) is 10.3. The molecule has 0 aliphatic rings. The van der Waals surface area contributed by atoms with Crippen molar-refractivity contribution in [3.8, 4) is 5.69 Å². The number of para-hydroxylation sites is 1. The van der Waals surface area contributed by atoms with Crippen LogP contribution in [0.5, 0.6) is 0 Å². The number of aryl methyl sites for hydroxylation is 1. The Kier molecular flexibility index (Phi) is 4.30. The summed E-state index contributed by atoms with van der Waals surface area (Å²) in [5.74, 6) is 1.06. The minimum atomic E-state index is 1.01. The molecule has 90 valence electrons.